The molecule has 7 aromatic rings. The summed E-state index contributed by atoms with van der Waals surface area (Å²) in [6.45, 7) is 0. The first-order chi connectivity index (χ1) is 17.4. The average Bonchev–Trinajstić information content (AvgIpc) is 3.36. The van der Waals surface area contributed by atoms with E-state index in [2.05, 4.69) is 127 Å². The monoisotopic (exact) mass is 463 g/mol. The maximum atomic E-state index is 5.07. The van der Waals surface area contributed by atoms with Gasteiger partial charge >= 0.3 is 0 Å². The van der Waals surface area contributed by atoms with Gasteiger partial charge in [-0.15, -0.1) is 11.3 Å². The molecule has 0 amide bonds. The summed E-state index contributed by atoms with van der Waals surface area (Å²) in [5, 5.41) is 6.11. The van der Waals surface area contributed by atoms with Crippen LogP contribution >= 0.6 is 11.3 Å². The van der Waals surface area contributed by atoms with Gasteiger partial charge < -0.3 is 0 Å². The minimum atomic E-state index is 1.05. The van der Waals surface area contributed by atoms with Crippen LogP contribution in [0.2, 0.25) is 0 Å². The Kier molecular flexibility index (Phi) is 4.71. The number of nitrogens with zero attached hydrogens (tertiary/aromatic N) is 1. The summed E-state index contributed by atoms with van der Waals surface area (Å²) in [6, 6.07) is 45.4. The van der Waals surface area contributed by atoms with Crippen LogP contribution in [0.25, 0.3) is 64.6 Å². The summed E-state index contributed by atoms with van der Waals surface area (Å²) < 4.78 is 1.21. The molecule has 0 unspecified atom stereocenters. The van der Waals surface area contributed by atoms with Crippen LogP contribution < -0.4 is 0 Å². The van der Waals surface area contributed by atoms with Crippen LogP contribution in [0.3, 0.4) is 0 Å². The van der Waals surface area contributed by atoms with E-state index in [-0.39, 0.29) is 0 Å². The van der Waals surface area contributed by atoms with Crippen molar-refractivity contribution in [3.05, 3.63) is 127 Å². The lowest BCUT2D eigenvalue weighted by atomic mass is 9.84. The van der Waals surface area contributed by atoms with Crippen molar-refractivity contribution < 1.29 is 0 Å². The molecular formula is C33H21NS. The predicted molar refractivity (Wildman–Crippen MR) is 151 cm³/mol. The van der Waals surface area contributed by atoms with Crippen molar-refractivity contribution >= 4 is 43.1 Å². The van der Waals surface area contributed by atoms with Gasteiger partial charge in [0, 0.05) is 10.9 Å². The van der Waals surface area contributed by atoms with Crippen molar-refractivity contribution in [1.29, 1.82) is 0 Å². The highest BCUT2D eigenvalue weighted by molar-refractivity contribution is 7.21. The van der Waals surface area contributed by atoms with Crippen molar-refractivity contribution in [3.63, 3.8) is 0 Å². The zero-order chi connectivity index (χ0) is 23.2. The van der Waals surface area contributed by atoms with E-state index in [0.717, 1.165) is 10.5 Å². The first-order valence-electron chi connectivity index (χ1n) is 11.8. The fourth-order valence-electron chi connectivity index (χ4n) is 5.21. The fraction of sp³-hybridized carbons (Fsp3) is 0. The second-order valence-electron chi connectivity index (χ2n) is 8.74. The largest absolute Gasteiger partial charge is 0.236 e. The summed E-state index contributed by atoms with van der Waals surface area (Å²) in [5.74, 6) is 0. The molecule has 1 nitrogen and oxygen atoms in total. The highest BCUT2D eigenvalue weighted by Gasteiger charge is 2.20. The Morgan fingerprint density at radius 1 is 0.457 bits per heavy atom. The lowest BCUT2D eigenvalue weighted by Gasteiger charge is -2.19. The van der Waals surface area contributed by atoms with Crippen LogP contribution in [0, 0.1) is 0 Å². The molecule has 2 heteroatoms. The van der Waals surface area contributed by atoms with Crippen LogP contribution in [-0.4, -0.2) is 4.98 Å². The van der Waals surface area contributed by atoms with Gasteiger partial charge in [-0.1, -0.05) is 115 Å². The number of aromatic nitrogens is 1. The van der Waals surface area contributed by atoms with Crippen LogP contribution in [-0.2, 0) is 0 Å². The Balaban J connectivity index is 1.70. The molecule has 0 N–H and O–H groups in total. The zero-order valence-electron chi connectivity index (χ0n) is 19.0. The summed E-state index contributed by atoms with van der Waals surface area (Å²) in [4.78, 5) is 5.07. The molecule has 7 rings (SSSR count). The number of benzene rings is 6. The minimum Gasteiger partial charge on any atom is -0.236 e. The highest BCUT2D eigenvalue weighted by Crippen LogP contribution is 2.47. The number of hydrogen-bond donors (Lipinski definition) is 0. The van der Waals surface area contributed by atoms with Gasteiger partial charge in [0.05, 0.1) is 10.2 Å². The summed E-state index contributed by atoms with van der Waals surface area (Å²) >= 11 is 1.77. The second-order valence-corrected chi connectivity index (χ2v) is 9.77. The van der Waals surface area contributed by atoms with Crippen molar-refractivity contribution in [3.8, 4) is 32.8 Å². The van der Waals surface area contributed by atoms with Crippen molar-refractivity contribution in [2.75, 3.05) is 0 Å². The molecule has 0 aliphatic rings. The molecule has 0 aliphatic heterocycles. The lowest BCUT2D eigenvalue weighted by molar-refractivity contribution is 1.49. The number of rotatable bonds is 3. The van der Waals surface area contributed by atoms with Crippen molar-refractivity contribution in [1.82, 2.24) is 4.98 Å². The Bertz CT molecular complexity index is 1800. The van der Waals surface area contributed by atoms with Crippen LogP contribution in [0.1, 0.15) is 0 Å². The molecule has 1 aromatic heterocycles. The summed E-state index contributed by atoms with van der Waals surface area (Å²) in [6.07, 6.45) is 0. The number of thiazole rings is 1. The summed E-state index contributed by atoms with van der Waals surface area (Å²) in [5.41, 5.74) is 7.24. The number of hydrogen-bond acceptors (Lipinski definition) is 2. The molecule has 164 valence electrons. The minimum absolute atomic E-state index is 1.05. The van der Waals surface area contributed by atoms with Gasteiger partial charge in [0.1, 0.15) is 5.01 Å². The topological polar surface area (TPSA) is 12.9 Å². The average molecular weight is 464 g/mol. The van der Waals surface area contributed by atoms with E-state index in [4.69, 9.17) is 4.98 Å². The molecule has 35 heavy (non-hydrogen) atoms. The SMILES string of the molecule is c1ccc(-c2c3ccccc3c(-c3ccccc3)c3c(-c4nc5ccccc5s4)cccc23)cc1. The maximum Gasteiger partial charge on any atom is 0.125 e. The van der Waals surface area contributed by atoms with Gasteiger partial charge in [0.25, 0.3) is 0 Å². The van der Waals surface area contributed by atoms with Crippen molar-refractivity contribution in [2.45, 2.75) is 0 Å². The molecule has 0 bridgehead atoms. The van der Waals surface area contributed by atoms with E-state index in [1.807, 2.05) is 0 Å². The Morgan fingerprint density at radius 2 is 1.03 bits per heavy atom. The third kappa shape index (κ3) is 3.26. The molecular weight excluding hydrogens is 442 g/mol. The number of fused-ring (bicyclic) bond motifs is 3. The molecule has 0 saturated carbocycles. The van der Waals surface area contributed by atoms with E-state index in [1.165, 1.54) is 54.1 Å². The lowest BCUT2D eigenvalue weighted by Crippen LogP contribution is -1.93. The third-order valence-corrected chi connectivity index (χ3v) is 7.77. The van der Waals surface area contributed by atoms with E-state index < -0.39 is 0 Å². The van der Waals surface area contributed by atoms with E-state index in [1.54, 1.807) is 11.3 Å². The predicted octanol–water partition coefficient (Wildman–Crippen LogP) is 9.60. The Morgan fingerprint density at radius 3 is 1.74 bits per heavy atom. The Hall–Kier alpha value is -4.27. The van der Waals surface area contributed by atoms with Crippen LogP contribution in [0.5, 0.6) is 0 Å². The summed E-state index contributed by atoms with van der Waals surface area (Å²) in [7, 11) is 0. The maximum absolute atomic E-state index is 5.07. The highest BCUT2D eigenvalue weighted by atomic mass is 32.1. The van der Waals surface area contributed by atoms with Crippen LogP contribution in [0.15, 0.2) is 127 Å². The van der Waals surface area contributed by atoms with Gasteiger partial charge in [-0.3, -0.25) is 0 Å². The van der Waals surface area contributed by atoms with Gasteiger partial charge in [-0.25, -0.2) is 4.98 Å². The molecule has 0 radical (unpaired) electrons. The fourth-order valence-corrected chi connectivity index (χ4v) is 6.21. The first kappa shape index (κ1) is 20.1. The first-order valence-corrected chi connectivity index (χ1v) is 12.6. The molecule has 1 heterocycles. The van der Waals surface area contributed by atoms with Crippen LogP contribution in [0.4, 0.5) is 0 Å². The van der Waals surface area contributed by atoms with Gasteiger partial charge in [-0.05, 0) is 50.5 Å². The van der Waals surface area contributed by atoms with E-state index in [0.29, 0.717) is 0 Å². The molecule has 6 aromatic carbocycles. The smallest absolute Gasteiger partial charge is 0.125 e. The van der Waals surface area contributed by atoms with Gasteiger partial charge in [0.15, 0.2) is 0 Å². The molecule has 0 aliphatic carbocycles. The standard InChI is InChI=1S/C33H21NS/c1-3-12-22(13-4-1)30-24-16-7-8-17-25(24)31(23-14-5-2-6-15-23)32-26(30)18-11-19-27(32)33-34-28-20-9-10-21-29(28)35-33/h1-21H. The third-order valence-electron chi connectivity index (χ3n) is 6.70. The zero-order valence-corrected chi connectivity index (χ0v) is 19.8. The van der Waals surface area contributed by atoms with E-state index in [9.17, 15) is 0 Å². The molecule has 0 saturated heterocycles. The second kappa shape index (κ2) is 8.19. The molecule has 0 atom stereocenters. The quantitative estimate of drug-likeness (QED) is 0.238. The molecule has 0 fully saturated rings. The molecule has 0 spiro atoms. The van der Waals surface area contributed by atoms with Gasteiger partial charge in [-0.2, -0.15) is 0 Å². The number of para-hydroxylation sites is 1. The van der Waals surface area contributed by atoms with Crippen molar-refractivity contribution in [2.24, 2.45) is 0 Å². The Labute approximate surface area is 208 Å². The normalized spacial score (nSPS) is 11.4. The van der Waals surface area contributed by atoms with E-state index >= 15 is 0 Å². The van der Waals surface area contributed by atoms with Gasteiger partial charge in [0.2, 0.25) is 0 Å².